The zero-order chi connectivity index (χ0) is 17.0. The second-order valence-corrected chi connectivity index (χ2v) is 5.41. The van der Waals surface area contributed by atoms with Crippen molar-refractivity contribution >= 4 is 11.7 Å². The largest absolute Gasteiger partial charge is 0.393 e. The van der Waals surface area contributed by atoms with Crippen molar-refractivity contribution in [1.29, 1.82) is 0 Å². The van der Waals surface area contributed by atoms with Crippen LogP contribution in [0.5, 0.6) is 0 Å². The van der Waals surface area contributed by atoms with Gasteiger partial charge in [-0.05, 0) is 18.4 Å². The molecule has 126 valence electrons. The highest BCUT2D eigenvalue weighted by Crippen LogP contribution is 2.33. The van der Waals surface area contributed by atoms with E-state index in [1.807, 2.05) is 0 Å². The molecule has 1 heterocycles. The molecule has 0 spiro atoms. The molecule has 1 aromatic carbocycles. The molecule has 0 radical (unpaired) electrons. The van der Waals surface area contributed by atoms with Crippen LogP contribution in [0.4, 0.5) is 23.7 Å². The molecule has 1 saturated heterocycles. The van der Waals surface area contributed by atoms with E-state index >= 15 is 0 Å². The molecule has 0 unspecified atom stereocenters. The number of amides is 2. The summed E-state index contributed by atoms with van der Waals surface area (Å²) in [5.41, 5.74) is 0.567. The molecule has 0 aliphatic carbocycles. The van der Waals surface area contributed by atoms with Crippen molar-refractivity contribution in [2.24, 2.45) is 5.92 Å². The number of nitrogens with zero attached hydrogens (tertiary/aromatic N) is 2. The van der Waals surface area contributed by atoms with Gasteiger partial charge in [-0.3, -0.25) is 10.1 Å². The number of nitro benzene ring substituents is 1. The first-order valence-corrected chi connectivity index (χ1v) is 7.10. The summed E-state index contributed by atoms with van der Waals surface area (Å²) in [5.74, 6) is -1.48. The van der Waals surface area contributed by atoms with Crippen molar-refractivity contribution in [3.8, 4) is 0 Å². The van der Waals surface area contributed by atoms with E-state index in [0.717, 1.165) is 4.90 Å². The predicted molar refractivity (Wildman–Crippen MR) is 75.7 cm³/mol. The van der Waals surface area contributed by atoms with Crippen molar-refractivity contribution < 1.29 is 22.9 Å². The van der Waals surface area contributed by atoms with Crippen LogP contribution >= 0.6 is 0 Å². The van der Waals surface area contributed by atoms with Gasteiger partial charge in [-0.2, -0.15) is 13.2 Å². The van der Waals surface area contributed by atoms with Gasteiger partial charge in [0.25, 0.3) is 5.69 Å². The van der Waals surface area contributed by atoms with E-state index in [4.69, 9.17) is 0 Å². The standard InChI is InChI=1S/C14H16F3N3O3/c15-14(16,17)11-2-1-7-19(9-11)13(21)18-8-10-3-5-12(6-4-10)20(22)23/h3-6,11H,1-2,7-9H2,(H,18,21)/t11-/m1/s1. The summed E-state index contributed by atoms with van der Waals surface area (Å²) >= 11 is 0. The molecule has 1 aliphatic rings. The summed E-state index contributed by atoms with van der Waals surface area (Å²) in [6.07, 6.45) is -3.94. The Morgan fingerprint density at radius 2 is 2.00 bits per heavy atom. The molecule has 1 fully saturated rings. The van der Waals surface area contributed by atoms with Crippen molar-refractivity contribution in [2.75, 3.05) is 13.1 Å². The average Bonchev–Trinajstić information content (AvgIpc) is 2.52. The molecule has 6 nitrogen and oxygen atoms in total. The lowest BCUT2D eigenvalue weighted by Crippen LogP contribution is -2.48. The van der Waals surface area contributed by atoms with Crippen LogP contribution in [0, 0.1) is 16.0 Å². The number of alkyl halides is 3. The first kappa shape index (κ1) is 17.0. The highest BCUT2D eigenvalue weighted by Gasteiger charge is 2.42. The van der Waals surface area contributed by atoms with Crippen LogP contribution in [0.3, 0.4) is 0 Å². The number of hydrogen-bond donors (Lipinski definition) is 1. The summed E-state index contributed by atoms with van der Waals surface area (Å²) in [5, 5.41) is 13.1. The lowest BCUT2D eigenvalue weighted by Gasteiger charge is -2.33. The Hall–Kier alpha value is -2.32. The number of non-ortho nitro benzene ring substituents is 1. The van der Waals surface area contributed by atoms with E-state index in [0.29, 0.717) is 18.5 Å². The van der Waals surface area contributed by atoms with Gasteiger partial charge < -0.3 is 10.2 Å². The number of likely N-dealkylation sites (tertiary alicyclic amines) is 1. The molecule has 1 aliphatic heterocycles. The van der Waals surface area contributed by atoms with E-state index < -0.39 is 23.0 Å². The minimum Gasteiger partial charge on any atom is -0.334 e. The zero-order valence-electron chi connectivity index (χ0n) is 12.2. The number of urea groups is 1. The van der Waals surface area contributed by atoms with Crippen LogP contribution in [0.1, 0.15) is 18.4 Å². The Morgan fingerprint density at radius 1 is 1.35 bits per heavy atom. The lowest BCUT2D eigenvalue weighted by atomic mass is 9.98. The minimum atomic E-state index is -4.29. The maximum absolute atomic E-state index is 12.7. The maximum atomic E-state index is 12.7. The van der Waals surface area contributed by atoms with E-state index in [9.17, 15) is 28.1 Å². The van der Waals surface area contributed by atoms with Crippen LogP contribution in [-0.2, 0) is 6.54 Å². The van der Waals surface area contributed by atoms with Crippen LogP contribution in [0.25, 0.3) is 0 Å². The third-order valence-electron chi connectivity index (χ3n) is 3.76. The fourth-order valence-corrected chi connectivity index (χ4v) is 2.45. The van der Waals surface area contributed by atoms with Gasteiger partial charge >= 0.3 is 12.2 Å². The first-order valence-electron chi connectivity index (χ1n) is 7.10. The summed E-state index contributed by atoms with van der Waals surface area (Å²) in [4.78, 5) is 23.1. The molecule has 23 heavy (non-hydrogen) atoms. The molecule has 1 N–H and O–H groups in total. The fourth-order valence-electron chi connectivity index (χ4n) is 2.45. The maximum Gasteiger partial charge on any atom is 0.393 e. The number of rotatable bonds is 3. The highest BCUT2D eigenvalue weighted by atomic mass is 19.4. The Balaban J connectivity index is 1.88. The van der Waals surface area contributed by atoms with E-state index in [1.54, 1.807) is 0 Å². The van der Waals surface area contributed by atoms with Gasteiger partial charge in [-0.1, -0.05) is 12.1 Å². The summed E-state index contributed by atoms with van der Waals surface area (Å²) < 4.78 is 38.2. The normalized spacial score (nSPS) is 18.6. The first-order chi connectivity index (χ1) is 10.8. The molecule has 9 heteroatoms. The SMILES string of the molecule is O=C(NCc1ccc([N+](=O)[O-])cc1)N1CCC[C@@H](C(F)(F)F)C1. The van der Waals surface area contributed by atoms with Crippen molar-refractivity contribution in [3.05, 3.63) is 39.9 Å². The fraction of sp³-hybridized carbons (Fsp3) is 0.500. The van der Waals surface area contributed by atoms with Crippen molar-refractivity contribution in [2.45, 2.75) is 25.6 Å². The number of hydrogen-bond acceptors (Lipinski definition) is 3. The molecule has 2 rings (SSSR count). The minimum absolute atomic E-state index is 0.0373. The van der Waals surface area contributed by atoms with Gasteiger partial charge in [-0.15, -0.1) is 0 Å². The van der Waals surface area contributed by atoms with Gasteiger partial charge in [0.05, 0.1) is 10.8 Å². The third kappa shape index (κ3) is 4.57. The third-order valence-corrected chi connectivity index (χ3v) is 3.76. The number of nitro groups is 1. The molecule has 0 bridgehead atoms. The molecule has 2 amide bonds. The summed E-state index contributed by atoms with van der Waals surface area (Å²) in [6, 6.07) is 5.04. The van der Waals surface area contributed by atoms with E-state index in [-0.39, 0.29) is 25.2 Å². The van der Waals surface area contributed by atoms with Gasteiger partial charge in [0, 0.05) is 31.8 Å². The van der Waals surface area contributed by atoms with Crippen LogP contribution in [0.15, 0.2) is 24.3 Å². The molecule has 1 atom stereocenters. The second kappa shape index (κ2) is 6.84. The number of nitrogens with one attached hydrogen (secondary N) is 1. The second-order valence-electron chi connectivity index (χ2n) is 5.41. The average molecular weight is 331 g/mol. The van der Waals surface area contributed by atoms with Crippen LogP contribution in [-0.4, -0.2) is 35.1 Å². The molecule has 0 aromatic heterocycles. The Kier molecular flexibility index (Phi) is 5.07. The van der Waals surface area contributed by atoms with Crippen LogP contribution < -0.4 is 5.32 Å². The van der Waals surface area contributed by atoms with E-state index in [1.165, 1.54) is 24.3 Å². The number of benzene rings is 1. The predicted octanol–water partition coefficient (Wildman–Crippen LogP) is 3.08. The number of halogens is 3. The molecular formula is C14H16F3N3O3. The smallest absolute Gasteiger partial charge is 0.334 e. The topological polar surface area (TPSA) is 75.5 Å². The lowest BCUT2D eigenvalue weighted by molar-refractivity contribution is -0.384. The molecule has 1 aromatic rings. The quantitative estimate of drug-likeness (QED) is 0.683. The number of piperidine rings is 1. The van der Waals surface area contributed by atoms with Gasteiger partial charge in [0.1, 0.15) is 0 Å². The summed E-state index contributed by atoms with van der Waals surface area (Å²) in [6.45, 7) is 0.0539. The zero-order valence-corrected chi connectivity index (χ0v) is 12.2. The molecule has 0 saturated carbocycles. The van der Waals surface area contributed by atoms with Gasteiger partial charge in [-0.25, -0.2) is 4.79 Å². The summed E-state index contributed by atoms with van der Waals surface area (Å²) in [7, 11) is 0. The number of carbonyl (C=O) groups is 1. The monoisotopic (exact) mass is 331 g/mol. The molecular weight excluding hydrogens is 315 g/mol. The van der Waals surface area contributed by atoms with Crippen LogP contribution in [0.2, 0.25) is 0 Å². The van der Waals surface area contributed by atoms with Crippen molar-refractivity contribution in [1.82, 2.24) is 10.2 Å². The highest BCUT2D eigenvalue weighted by molar-refractivity contribution is 5.74. The Morgan fingerprint density at radius 3 is 2.57 bits per heavy atom. The Bertz CT molecular complexity index is 575. The number of carbonyl (C=O) groups excluding carboxylic acids is 1. The Labute approximate surface area is 130 Å². The van der Waals surface area contributed by atoms with E-state index in [2.05, 4.69) is 5.32 Å². The van der Waals surface area contributed by atoms with Gasteiger partial charge in [0.2, 0.25) is 0 Å². The van der Waals surface area contributed by atoms with Gasteiger partial charge in [0.15, 0.2) is 0 Å². The van der Waals surface area contributed by atoms with Crippen molar-refractivity contribution in [3.63, 3.8) is 0 Å².